The number of rotatable bonds is 7. The minimum atomic E-state index is -0.335. The second-order valence-corrected chi connectivity index (χ2v) is 5.74. The second kappa shape index (κ2) is 6.52. The largest absolute Gasteiger partial charge is 0.491 e. The van der Waals surface area contributed by atoms with E-state index in [0.717, 1.165) is 24.5 Å². The molecule has 2 atom stereocenters. The summed E-state index contributed by atoms with van der Waals surface area (Å²) in [5, 5.41) is 0. The predicted octanol–water partition coefficient (Wildman–Crippen LogP) is 1.29. The van der Waals surface area contributed by atoms with E-state index >= 15 is 0 Å². The van der Waals surface area contributed by atoms with Gasteiger partial charge in [-0.1, -0.05) is 12.1 Å². The molecule has 3 heterocycles. The van der Waals surface area contributed by atoms with Crippen LogP contribution in [0.1, 0.15) is 11.9 Å². The molecule has 0 radical (unpaired) electrons. The Bertz CT molecular complexity index is 474. The van der Waals surface area contributed by atoms with E-state index < -0.39 is 0 Å². The van der Waals surface area contributed by atoms with E-state index in [4.69, 9.17) is 28.4 Å². The van der Waals surface area contributed by atoms with Gasteiger partial charge in [0.2, 0.25) is 0 Å². The molecule has 6 nitrogen and oxygen atoms in total. The van der Waals surface area contributed by atoms with Crippen molar-refractivity contribution in [3.05, 3.63) is 29.8 Å². The van der Waals surface area contributed by atoms with Crippen LogP contribution in [0.3, 0.4) is 0 Å². The van der Waals surface area contributed by atoms with Crippen LogP contribution >= 0.6 is 0 Å². The van der Waals surface area contributed by atoms with Gasteiger partial charge < -0.3 is 28.4 Å². The van der Waals surface area contributed by atoms with Gasteiger partial charge in [-0.3, -0.25) is 0 Å². The lowest BCUT2D eigenvalue weighted by atomic mass is 10.2. The highest BCUT2D eigenvalue weighted by Crippen LogP contribution is 2.26. The maximum Gasteiger partial charge on any atom is 0.184 e. The summed E-state index contributed by atoms with van der Waals surface area (Å²) in [5.74, 6) is 0.834. The van der Waals surface area contributed by atoms with Crippen LogP contribution in [0.4, 0.5) is 0 Å². The average molecular weight is 308 g/mol. The van der Waals surface area contributed by atoms with Crippen LogP contribution in [0.25, 0.3) is 0 Å². The summed E-state index contributed by atoms with van der Waals surface area (Å²) < 4.78 is 33.0. The van der Waals surface area contributed by atoms with Crippen LogP contribution in [0.15, 0.2) is 24.3 Å². The molecule has 0 amide bonds. The van der Waals surface area contributed by atoms with Gasteiger partial charge in [0.15, 0.2) is 6.29 Å². The van der Waals surface area contributed by atoms with Crippen molar-refractivity contribution in [3.8, 4) is 5.75 Å². The summed E-state index contributed by atoms with van der Waals surface area (Å²) in [4.78, 5) is 0. The van der Waals surface area contributed by atoms with Crippen LogP contribution in [0.2, 0.25) is 0 Å². The molecule has 1 aromatic rings. The van der Waals surface area contributed by atoms with Crippen molar-refractivity contribution in [2.75, 3.05) is 39.6 Å². The molecule has 3 aliphatic heterocycles. The molecule has 0 aliphatic carbocycles. The molecule has 1 aromatic carbocycles. The SMILES string of the molecule is c1cc(C2OCC(OCC3CO3)CO2)ccc1OCC1CO1. The van der Waals surface area contributed by atoms with Gasteiger partial charge in [0.05, 0.1) is 33.0 Å². The molecule has 22 heavy (non-hydrogen) atoms. The van der Waals surface area contributed by atoms with E-state index in [1.807, 2.05) is 24.3 Å². The zero-order valence-electron chi connectivity index (χ0n) is 12.3. The second-order valence-electron chi connectivity index (χ2n) is 5.74. The molecule has 4 rings (SSSR count). The van der Waals surface area contributed by atoms with Crippen molar-refractivity contribution in [1.29, 1.82) is 0 Å². The topological polar surface area (TPSA) is 62.0 Å². The first-order valence-corrected chi connectivity index (χ1v) is 7.67. The minimum Gasteiger partial charge on any atom is -0.491 e. The lowest BCUT2D eigenvalue weighted by molar-refractivity contribution is -0.231. The van der Waals surface area contributed by atoms with Crippen LogP contribution in [-0.2, 0) is 23.7 Å². The smallest absolute Gasteiger partial charge is 0.184 e. The van der Waals surface area contributed by atoms with Crippen LogP contribution in [0, 0.1) is 0 Å². The Morgan fingerprint density at radius 2 is 1.45 bits per heavy atom. The molecule has 0 N–H and O–H groups in total. The van der Waals surface area contributed by atoms with Gasteiger partial charge >= 0.3 is 0 Å². The molecule has 3 aliphatic rings. The Balaban J connectivity index is 1.23. The Kier molecular flexibility index (Phi) is 4.27. The van der Waals surface area contributed by atoms with Gasteiger partial charge in [-0.05, 0) is 12.1 Å². The van der Waals surface area contributed by atoms with E-state index in [0.29, 0.717) is 26.4 Å². The third-order valence-corrected chi connectivity index (χ3v) is 3.78. The Hall–Kier alpha value is -1.18. The molecular weight excluding hydrogens is 288 g/mol. The first kappa shape index (κ1) is 14.4. The first-order chi connectivity index (χ1) is 10.9. The molecule has 2 unspecified atom stereocenters. The highest BCUT2D eigenvalue weighted by molar-refractivity contribution is 5.28. The number of ether oxygens (including phenoxy) is 6. The van der Waals surface area contributed by atoms with E-state index in [-0.39, 0.29) is 24.6 Å². The van der Waals surface area contributed by atoms with E-state index in [1.54, 1.807) is 0 Å². The zero-order valence-corrected chi connectivity index (χ0v) is 12.3. The highest BCUT2D eigenvalue weighted by atomic mass is 16.7. The molecule has 0 aromatic heterocycles. The van der Waals surface area contributed by atoms with Crippen molar-refractivity contribution in [2.24, 2.45) is 0 Å². The van der Waals surface area contributed by atoms with E-state index in [2.05, 4.69) is 0 Å². The van der Waals surface area contributed by atoms with Gasteiger partial charge in [-0.2, -0.15) is 0 Å². The maximum absolute atomic E-state index is 5.73. The molecule has 6 heteroatoms. The Morgan fingerprint density at radius 1 is 0.818 bits per heavy atom. The molecule has 0 spiro atoms. The quantitative estimate of drug-likeness (QED) is 0.708. The van der Waals surface area contributed by atoms with Gasteiger partial charge in [-0.25, -0.2) is 0 Å². The monoisotopic (exact) mass is 308 g/mol. The van der Waals surface area contributed by atoms with Crippen molar-refractivity contribution < 1.29 is 28.4 Å². The lowest BCUT2D eigenvalue weighted by Crippen LogP contribution is -2.34. The van der Waals surface area contributed by atoms with E-state index in [9.17, 15) is 0 Å². The molecular formula is C16H20O6. The summed E-state index contributed by atoms with van der Waals surface area (Å²) in [6.07, 6.45) is 0.188. The van der Waals surface area contributed by atoms with Crippen LogP contribution in [0.5, 0.6) is 5.75 Å². The van der Waals surface area contributed by atoms with Gasteiger partial charge in [0.25, 0.3) is 0 Å². The van der Waals surface area contributed by atoms with Crippen molar-refractivity contribution in [3.63, 3.8) is 0 Å². The van der Waals surface area contributed by atoms with Gasteiger partial charge in [0, 0.05) is 5.56 Å². The third-order valence-electron chi connectivity index (χ3n) is 3.78. The molecule has 0 bridgehead atoms. The molecule has 3 saturated heterocycles. The fourth-order valence-corrected chi connectivity index (χ4v) is 2.26. The zero-order chi connectivity index (χ0) is 14.8. The lowest BCUT2D eigenvalue weighted by Gasteiger charge is -2.29. The number of benzene rings is 1. The first-order valence-electron chi connectivity index (χ1n) is 7.67. The van der Waals surface area contributed by atoms with Crippen molar-refractivity contribution in [1.82, 2.24) is 0 Å². The summed E-state index contributed by atoms with van der Waals surface area (Å²) in [5.41, 5.74) is 0.985. The van der Waals surface area contributed by atoms with Crippen molar-refractivity contribution >= 4 is 0 Å². The summed E-state index contributed by atoms with van der Waals surface area (Å²) >= 11 is 0. The normalized spacial score (nSPS) is 33.5. The summed E-state index contributed by atoms with van der Waals surface area (Å²) in [6, 6.07) is 7.79. The standard InChI is InChI=1S/C16H20O6/c1-3-12(17-5-13-6-18-13)4-2-11(1)16-21-9-15(10-22-16)20-8-14-7-19-14/h1-4,13-16H,5-10H2. The fraction of sp³-hybridized carbons (Fsp3) is 0.625. The third kappa shape index (κ3) is 3.97. The number of epoxide rings is 2. The summed E-state index contributed by atoms with van der Waals surface area (Å²) in [7, 11) is 0. The average Bonchev–Trinajstić information content (AvgIpc) is 3.47. The van der Waals surface area contributed by atoms with Crippen LogP contribution in [-0.4, -0.2) is 58.0 Å². The Morgan fingerprint density at radius 3 is 2.09 bits per heavy atom. The van der Waals surface area contributed by atoms with E-state index in [1.165, 1.54) is 0 Å². The van der Waals surface area contributed by atoms with Gasteiger partial charge in [-0.15, -0.1) is 0 Å². The minimum absolute atomic E-state index is 0.0124. The van der Waals surface area contributed by atoms with Gasteiger partial charge in [0.1, 0.15) is 30.7 Å². The molecule has 120 valence electrons. The van der Waals surface area contributed by atoms with Crippen molar-refractivity contribution in [2.45, 2.75) is 24.6 Å². The number of hydrogen-bond acceptors (Lipinski definition) is 6. The molecule has 0 saturated carbocycles. The molecule has 3 fully saturated rings. The maximum atomic E-state index is 5.73. The van der Waals surface area contributed by atoms with Crippen LogP contribution < -0.4 is 4.74 Å². The fourth-order valence-electron chi connectivity index (χ4n) is 2.26. The number of hydrogen-bond donors (Lipinski definition) is 0. The summed E-state index contributed by atoms with van der Waals surface area (Å²) in [6.45, 7) is 3.91. The Labute approximate surface area is 129 Å². The highest BCUT2D eigenvalue weighted by Gasteiger charge is 2.28. The predicted molar refractivity (Wildman–Crippen MR) is 75.8 cm³/mol.